The van der Waals surface area contributed by atoms with Gasteiger partial charge in [0.1, 0.15) is 10.7 Å². The van der Waals surface area contributed by atoms with Gasteiger partial charge in [-0.15, -0.1) is 11.3 Å². The Morgan fingerprint density at radius 2 is 1.95 bits per heavy atom. The van der Waals surface area contributed by atoms with Crippen LogP contribution in [0.1, 0.15) is 33.9 Å². The van der Waals surface area contributed by atoms with E-state index in [2.05, 4.69) is 29.2 Å². The molecule has 0 amide bonds. The van der Waals surface area contributed by atoms with Crippen LogP contribution in [0.2, 0.25) is 0 Å². The molecule has 3 rings (SSSR count). The molecule has 1 aromatic carbocycles. The molecule has 98 valence electrons. The molecule has 3 nitrogen and oxygen atoms in total. The van der Waals surface area contributed by atoms with Crippen LogP contribution in [0, 0.1) is 0 Å². The number of benzene rings is 1. The summed E-state index contributed by atoms with van der Waals surface area (Å²) in [4.78, 5) is 15.4. The maximum atomic E-state index is 10.9. The summed E-state index contributed by atoms with van der Waals surface area (Å²) < 4.78 is 5.51. The molecule has 0 atom stereocenters. The third kappa shape index (κ3) is 2.22. The van der Waals surface area contributed by atoms with E-state index < -0.39 is 0 Å². The van der Waals surface area contributed by atoms with E-state index in [9.17, 15) is 4.79 Å². The highest BCUT2D eigenvalue weighted by molar-refractivity contribution is 7.10. The molecule has 1 aliphatic heterocycles. The number of ether oxygens (including phenoxy) is 1. The van der Waals surface area contributed by atoms with Crippen LogP contribution < -0.4 is 0 Å². The highest BCUT2D eigenvalue weighted by Crippen LogP contribution is 2.42. The predicted molar refractivity (Wildman–Crippen MR) is 74.8 cm³/mol. The Kier molecular flexibility index (Phi) is 3.44. The summed E-state index contributed by atoms with van der Waals surface area (Å²) in [6.07, 6.45) is 2.66. The smallest absolute Gasteiger partial charge is 0.169 e. The molecule has 1 saturated heterocycles. The van der Waals surface area contributed by atoms with Gasteiger partial charge in [-0.1, -0.05) is 30.3 Å². The first-order chi connectivity index (χ1) is 9.35. The van der Waals surface area contributed by atoms with Gasteiger partial charge in [0.05, 0.1) is 5.41 Å². The lowest BCUT2D eigenvalue weighted by Crippen LogP contribution is -2.35. The second-order valence-corrected chi connectivity index (χ2v) is 5.61. The fourth-order valence-corrected chi connectivity index (χ4v) is 3.71. The van der Waals surface area contributed by atoms with Crippen molar-refractivity contribution in [1.82, 2.24) is 4.98 Å². The van der Waals surface area contributed by atoms with Crippen molar-refractivity contribution in [3.8, 4) is 0 Å². The quantitative estimate of drug-likeness (QED) is 0.807. The number of hydrogen-bond acceptors (Lipinski definition) is 4. The van der Waals surface area contributed by atoms with Gasteiger partial charge in [-0.25, -0.2) is 4.98 Å². The summed E-state index contributed by atoms with van der Waals surface area (Å²) in [5, 5.41) is 2.87. The maximum absolute atomic E-state index is 10.9. The maximum Gasteiger partial charge on any atom is 0.169 e. The summed E-state index contributed by atoms with van der Waals surface area (Å²) in [6, 6.07) is 10.4. The first-order valence-electron chi connectivity index (χ1n) is 6.40. The second kappa shape index (κ2) is 5.23. The monoisotopic (exact) mass is 273 g/mol. The number of aromatic nitrogens is 1. The van der Waals surface area contributed by atoms with Gasteiger partial charge < -0.3 is 4.74 Å². The first-order valence-corrected chi connectivity index (χ1v) is 7.27. The van der Waals surface area contributed by atoms with Crippen molar-refractivity contribution in [3.05, 3.63) is 52.0 Å². The third-order valence-electron chi connectivity index (χ3n) is 3.72. The largest absolute Gasteiger partial charge is 0.381 e. The molecular weight excluding hydrogens is 258 g/mol. The minimum absolute atomic E-state index is 0.0918. The van der Waals surface area contributed by atoms with Gasteiger partial charge in [-0.05, 0) is 18.4 Å². The molecule has 19 heavy (non-hydrogen) atoms. The summed E-state index contributed by atoms with van der Waals surface area (Å²) >= 11 is 1.58. The van der Waals surface area contributed by atoms with Crippen LogP contribution in [-0.4, -0.2) is 24.5 Å². The van der Waals surface area contributed by atoms with Crippen molar-refractivity contribution in [2.75, 3.05) is 13.2 Å². The van der Waals surface area contributed by atoms with Gasteiger partial charge >= 0.3 is 0 Å². The van der Waals surface area contributed by atoms with Crippen LogP contribution >= 0.6 is 11.3 Å². The Balaban J connectivity index is 2.08. The summed E-state index contributed by atoms with van der Waals surface area (Å²) in [5.41, 5.74) is 1.71. The van der Waals surface area contributed by atoms with Gasteiger partial charge in [0.25, 0.3) is 0 Å². The highest BCUT2D eigenvalue weighted by Gasteiger charge is 2.38. The number of carbonyl (C=O) groups is 1. The molecule has 4 heteroatoms. The van der Waals surface area contributed by atoms with Crippen LogP contribution in [0.4, 0.5) is 0 Å². The number of carbonyl (C=O) groups excluding carboxylic acids is 1. The fraction of sp³-hybridized carbons (Fsp3) is 0.333. The average Bonchev–Trinajstić information content (AvgIpc) is 2.98. The van der Waals surface area contributed by atoms with E-state index in [-0.39, 0.29) is 5.41 Å². The number of nitrogens with zero attached hydrogens (tertiary/aromatic N) is 1. The van der Waals surface area contributed by atoms with Crippen LogP contribution in [0.25, 0.3) is 0 Å². The standard InChI is InChI=1S/C15H15NO2S/c17-10-13-11-19-14(16-13)15(6-8-18-9-7-15)12-4-2-1-3-5-12/h1-5,10-11H,6-9H2. The minimum Gasteiger partial charge on any atom is -0.381 e. The fourth-order valence-electron chi connectivity index (χ4n) is 2.66. The third-order valence-corrected chi connectivity index (χ3v) is 4.79. The van der Waals surface area contributed by atoms with E-state index in [1.165, 1.54) is 5.56 Å². The molecule has 2 heterocycles. The van der Waals surface area contributed by atoms with E-state index in [0.29, 0.717) is 5.69 Å². The van der Waals surface area contributed by atoms with Gasteiger partial charge in [0.2, 0.25) is 0 Å². The molecule has 0 radical (unpaired) electrons. The van der Waals surface area contributed by atoms with Crippen molar-refractivity contribution in [1.29, 1.82) is 0 Å². The van der Waals surface area contributed by atoms with Crippen LogP contribution in [0.5, 0.6) is 0 Å². The Labute approximate surface area is 116 Å². The molecule has 1 aliphatic rings. The summed E-state index contributed by atoms with van der Waals surface area (Å²) in [6.45, 7) is 1.48. The predicted octanol–water partition coefficient (Wildman–Crippen LogP) is 3.05. The summed E-state index contributed by atoms with van der Waals surface area (Å²) in [5.74, 6) is 0. The van der Waals surface area contributed by atoms with Crippen LogP contribution in [-0.2, 0) is 10.2 Å². The molecular formula is C15H15NO2S. The Morgan fingerprint density at radius 1 is 1.21 bits per heavy atom. The molecule has 0 spiro atoms. The van der Waals surface area contributed by atoms with Gasteiger partial charge in [0, 0.05) is 18.6 Å². The van der Waals surface area contributed by atoms with Crippen molar-refractivity contribution in [3.63, 3.8) is 0 Å². The van der Waals surface area contributed by atoms with E-state index in [0.717, 1.165) is 37.3 Å². The SMILES string of the molecule is O=Cc1csc(C2(c3ccccc3)CCOCC2)n1. The van der Waals surface area contributed by atoms with Crippen LogP contribution in [0.3, 0.4) is 0 Å². The molecule has 0 aliphatic carbocycles. The number of rotatable bonds is 3. The lowest BCUT2D eigenvalue weighted by molar-refractivity contribution is 0.0630. The average molecular weight is 273 g/mol. The Hall–Kier alpha value is -1.52. The lowest BCUT2D eigenvalue weighted by Gasteiger charge is -2.36. The van der Waals surface area contributed by atoms with E-state index in [4.69, 9.17) is 4.74 Å². The Morgan fingerprint density at radius 3 is 2.58 bits per heavy atom. The van der Waals surface area contributed by atoms with Gasteiger partial charge in [0.15, 0.2) is 6.29 Å². The number of hydrogen-bond donors (Lipinski definition) is 0. The lowest BCUT2D eigenvalue weighted by atomic mass is 9.74. The molecule has 0 unspecified atom stereocenters. The molecule has 0 bridgehead atoms. The van der Waals surface area contributed by atoms with Gasteiger partial charge in [-0.2, -0.15) is 0 Å². The van der Waals surface area contributed by atoms with E-state index in [1.807, 2.05) is 11.4 Å². The van der Waals surface area contributed by atoms with E-state index in [1.54, 1.807) is 11.3 Å². The molecule has 0 saturated carbocycles. The molecule has 0 N–H and O–H groups in total. The van der Waals surface area contributed by atoms with Crippen molar-refractivity contribution in [2.24, 2.45) is 0 Å². The van der Waals surface area contributed by atoms with Crippen molar-refractivity contribution < 1.29 is 9.53 Å². The zero-order valence-electron chi connectivity index (χ0n) is 10.5. The Bertz CT molecular complexity index is 559. The minimum atomic E-state index is -0.0918. The normalized spacial score (nSPS) is 18.1. The molecule has 2 aromatic rings. The number of thiazole rings is 1. The van der Waals surface area contributed by atoms with Crippen molar-refractivity contribution in [2.45, 2.75) is 18.3 Å². The summed E-state index contributed by atoms with van der Waals surface area (Å²) in [7, 11) is 0. The second-order valence-electron chi connectivity index (χ2n) is 4.76. The first kappa shape index (κ1) is 12.5. The van der Waals surface area contributed by atoms with Gasteiger partial charge in [-0.3, -0.25) is 4.79 Å². The molecule has 1 aromatic heterocycles. The molecule has 1 fully saturated rings. The van der Waals surface area contributed by atoms with E-state index >= 15 is 0 Å². The zero-order chi connectivity index (χ0) is 13.1. The highest BCUT2D eigenvalue weighted by atomic mass is 32.1. The van der Waals surface area contributed by atoms with Crippen LogP contribution in [0.15, 0.2) is 35.7 Å². The topological polar surface area (TPSA) is 39.2 Å². The van der Waals surface area contributed by atoms with Crippen molar-refractivity contribution >= 4 is 17.6 Å². The zero-order valence-corrected chi connectivity index (χ0v) is 11.4. The number of aldehydes is 1.